The molecule has 1 unspecified atom stereocenters. The molecule has 0 aromatic carbocycles. The molecule has 0 aromatic rings. The summed E-state index contributed by atoms with van der Waals surface area (Å²) >= 11 is 0. The van der Waals surface area contributed by atoms with Crippen molar-refractivity contribution in [2.24, 2.45) is 5.41 Å². The lowest BCUT2D eigenvalue weighted by Gasteiger charge is -2.32. The van der Waals surface area contributed by atoms with Crippen molar-refractivity contribution in [3.05, 3.63) is 0 Å². The first-order valence-corrected chi connectivity index (χ1v) is 7.36. The normalized spacial score (nSPS) is 24.0. The first-order valence-electron chi connectivity index (χ1n) is 7.36. The third-order valence-electron chi connectivity index (χ3n) is 4.26. The fraction of sp³-hybridized carbons (Fsp3) is 0.857. The number of nitrogens with one attached hydrogen (secondary N) is 2. The molecule has 122 valence electrons. The molecule has 2 N–H and O–H groups in total. The molecule has 1 saturated carbocycles. The van der Waals surface area contributed by atoms with Crippen molar-refractivity contribution in [1.29, 1.82) is 0 Å². The number of carbonyl (C=O) groups excluding carboxylic acids is 2. The molecular weight excluding hydrogens is 294 g/mol. The number of halogens is 1. The summed E-state index contributed by atoms with van der Waals surface area (Å²) < 4.78 is 5.29. The minimum Gasteiger partial charge on any atom is -0.378 e. The number of nitrogens with zero attached hydrogens (tertiary/aromatic N) is 1. The van der Waals surface area contributed by atoms with Gasteiger partial charge >= 0.3 is 0 Å². The van der Waals surface area contributed by atoms with E-state index in [1.807, 2.05) is 0 Å². The van der Waals surface area contributed by atoms with Crippen LogP contribution in [-0.4, -0.2) is 63.2 Å². The molecule has 2 amide bonds. The molecule has 1 heterocycles. The summed E-state index contributed by atoms with van der Waals surface area (Å²) in [5.41, 5.74) is -0.408. The van der Waals surface area contributed by atoms with E-state index in [1.165, 1.54) is 0 Å². The van der Waals surface area contributed by atoms with Gasteiger partial charge in [0.15, 0.2) is 0 Å². The number of carbonyl (C=O) groups is 2. The Labute approximate surface area is 132 Å². The summed E-state index contributed by atoms with van der Waals surface area (Å²) in [5.74, 6) is 0.0608. The third-order valence-corrected chi connectivity index (χ3v) is 4.26. The molecule has 2 fully saturated rings. The Bertz CT molecular complexity index is 364. The van der Waals surface area contributed by atoms with Crippen LogP contribution in [0.4, 0.5) is 0 Å². The van der Waals surface area contributed by atoms with Crippen LogP contribution in [0.15, 0.2) is 0 Å². The van der Waals surface area contributed by atoms with E-state index in [2.05, 4.69) is 10.6 Å². The van der Waals surface area contributed by atoms with Crippen LogP contribution < -0.4 is 10.6 Å². The topological polar surface area (TPSA) is 70.7 Å². The van der Waals surface area contributed by atoms with Gasteiger partial charge < -0.3 is 20.3 Å². The van der Waals surface area contributed by atoms with Gasteiger partial charge in [0.2, 0.25) is 11.8 Å². The number of amides is 2. The number of ether oxygens (including phenoxy) is 1. The van der Waals surface area contributed by atoms with Gasteiger partial charge in [-0.1, -0.05) is 12.8 Å². The third kappa shape index (κ3) is 4.31. The van der Waals surface area contributed by atoms with Crippen molar-refractivity contribution in [1.82, 2.24) is 15.5 Å². The zero-order chi connectivity index (χ0) is 14.6. The van der Waals surface area contributed by atoms with Gasteiger partial charge in [-0.15, -0.1) is 12.4 Å². The van der Waals surface area contributed by atoms with Crippen molar-refractivity contribution in [3.63, 3.8) is 0 Å². The monoisotopic (exact) mass is 319 g/mol. The van der Waals surface area contributed by atoms with E-state index in [1.54, 1.807) is 19.0 Å². The van der Waals surface area contributed by atoms with Crippen LogP contribution >= 0.6 is 12.4 Å². The Kier molecular flexibility index (Phi) is 6.90. The molecule has 1 aliphatic heterocycles. The first kappa shape index (κ1) is 18.2. The highest BCUT2D eigenvalue weighted by Crippen LogP contribution is 2.38. The van der Waals surface area contributed by atoms with Gasteiger partial charge in [0.05, 0.1) is 18.6 Å². The Balaban J connectivity index is 0.00000220. The van der Waals surface area contributed by atoms with Crippen LogP contribution in [0.25, 0.3) is 0 Å². The Hall–Kier alpha value is -0.850. The van der Waals surface area contributed by atoms with Crippen molar-refractivity contribution in [2.75, 3.05) is 40.4 Å². The number of rotatable bonds is 4. The van der Waals surface area contributed by atoms with E-state index in [4.69, 9.17) is 4.74 Å². The molecule has 0 spiro atoms. The van der Waals surface area contributed by atoms with Crippen LogP contribution in [0.3, 0.4) is 0 Å². The lowest BCUT2D eigenvalue weighted by Crippen LogP contribution is -2.54. The fourth-order valence-electron chi connectivity index (χ4n) is 3.11. The second-order valence-corrected chi connectivity index (χ2v) is 5.99. The molecule has 0 bridgehead atoms. The van der Waals surface area contributed by atoms with Gasteiger partial charge in [0, 0.05) is 27.2 Å². The van der Waals surface area contributed by atoms with E-state index in [0.29, 0.717) is 26.3 Å². The average molecular weight is 320 g/mol. The maximum Gasteiger partial charge on any atom is 0.239 e. The van der Waals surface area contributed by atoms with E-state index in [-0.39, 0.29) is 30.3 Å². The largest absolute Gasteiger partial charge is 0.378 e. The minimum atomic E-state index is -0.408. The molecule has 2 aliphatic rings. The average Bonchev–Trinajstić information content (AvgIpc) is 2.94. The fourth-order valence-corrected chi connectivity index (χ4v) is 3.11. The molecule has 1 atom stereocenters. The van der Waals surface area contributed by atoms with Crippen molar-refractivity contribution in [3.8, 4) is 0 Å². The quantitative estimate of drug-likeness (QED) is 0.774. The van der Waals surface area contributed by atoms with Gasteiger partial charge in [0.25, 0.3) is 0 Å². The summed E-state index contributed by atoms with van der Waals surface area (Å²) in [6, 6.07) is -0.295. The second kappa shape index (κ2) is 7.96. The lowest BCUT2D eigenvalue weighted by atomic mass is 9.84. The summed E-state index contributed by atoms with van der Waals surface area (Å²) in [6.07, 6.45) is 3.83. The number of hydrogen-bond donors (Lipinski definition) is 2. The Morgan fingerprint density at radius 2 is 2.00 bits per heavy atom. The zero-order valence-electron chi connectivity index (χ0n) is 12.8. The van der Waals surface area contributed by atoms with Crippen molar-refractivity contribution < 1.29 is 14.3 Å². The van der Waals surface area contributed by atoms with Crippen LogP contribution in [-0.2, 0) is 14.3 Å². The smallest absolute Gasteiger partial charge is 0.239 e. The first-order chi connectivity index (χ1) is 9.55. The molecule has 2 rings (SSSR count). The summed E-state index contributed by atoms with van der Waals surface area (Å²) in [5, 5.41) is 6.07. The van der Waals surface area contributed by atoms with Crippen LogP contribution in [0.1, 0.15) is 25.7 Å². The van der Waals surface area contributed by atoms with E-state index >= 15 is 0 Å². The standard InChI is InChI=1S/C14H25N3O3.ClH/c1-17(2)13(19)14(5-3-4-6-14)10-16-12(18)11-9-20-8-7-15-11;/h11,15H,3-10H2,1-2H3,(H,16,18);1H. The minimum absolute atomic E-state index is 0. The van der Waals surface area contributed by atoms with Gasteiger partial charge in [-0.25, -0.2) is 0 Å². The number of morpholine rings is 1. The van der Waals surface area contributed by atoms with Gasteiger partial charge in [-0.05, 0) is 12.8 Å². The maximum absolute atomic E-state index is 12.4. The maximum atomic E-state index is 12.4. The molecule has 7 heteroatoms. The zero-order valence-corrected chi connectivity index (χ0v) is 13.6. The highest BCUT2D eigenvalue weighted by molar-refractivity contribution is 5.86. The second-order valence-electron chi connectivity index (χ2n) is 5.99. The summed E-state index contributed by atoms with van der Waals surface area (Å²) in [6.45, 7) is 2.17. The van der Waals surface area contributed by atoms with Crippen LogP contribution in [0.5, 0.6) is 0 Å². The highest BCUT2D eigenvalue weighted by Gasteiger charge is 2.42. The highest BCUT2D eigenvalue weighted by atomic mass is 35.5. The van der Waals surface area contributed by atoms with Gasteiger partial charge in [0.1, 0.15) is 6.04 Å². The van der Waals surface area contributed by atoms with E-state index in [9.17, 15) is 9.59 Å². The van der Waals surface area contributed by atoms with Gasteiger partial charge in [-0.2, -0.15) is 0 Å². The molecule has 0 radical (unpaired) electrons. The van der Waals surface area contributed by atoms with E-state index in [0.717, 1.165) is 25.7 Å². The molecular formula is C14H26ClN3O3. The predicted molar refractivity (Wildman–Crippen MR) is 82.5 cm³/mol. The predicted octanol–water partition coefficient (Wildman–Crippen LogP) is 0.161. The van der Waals surface area contributed by atoms with Crippen LogP contribution in [0, 0.1) is 5.41 Å². The molecule has 6 nitrogen and oxygen atoms in total. The molecule has 0 aromatic heterocycles. The van der Waals surface area contributed by atoms with Gasteiger partial charge in [-0.3, -0.25) is 9.59 Å². The number of hydrogen-bond acceptors (Lipinski definition) is 4. The SMILES string of the molecule is CN(C)C(=O)C1(CNC(=O)C2COCCN2)CCCC1.Cl. The van der Waals surface area contributed by atoms with Crippen molar-refractivity contribution >= 4 is 24.2 Å². The van der Waals surface area contributed by atoms with E-state index < -0.39 is 5.41 Å². The van der Waals surface area contributed by atoms with Crippen molar-refractivity contribution in [2.45, 2.75) is 31.7 Å². The Morgan fingerprint density at radius 3 is 2.52 bits per heavy atom. The Morgan fingerprint density at radius 1 is 1.33 bits per heavy atom. The summed E-state index contributed by atoms with van der Waals surface area (Å²) in [4.78, 5) is 26.1. The molecule has 1 aliphatic carbocycles. The van der Waals surface area contributed by atoms with Crippen LogP contribution in [0.2, 0.25) is 0 Å². The lowest BCUT2D eigenvalue weighted by molar-refractivity contribution is -0.139. The summed E-state index contributed by atoms with van der Waals surface area (Å²) in [7, 11) is 3.56. The molecule has 21 heavy (non-hydrogen) atoms. The molecule has 1 saturated heterocycles.